The lowest BCUT2D eigenvalue weighted by Crippen LogP contribution is -2.08. The van der Waals surface area contributed by atoms with Crippen LogP contribution in [0.25, 0.3) is 0 Å². The van der Waals surface area contributed by atoms with Gasteiger partial charge in [-0.25, -0.2) is 9.37 Å². The minimum atomic E-state index is -0.357. The Morgan fingerprint density at radius 2 is 2.15 bits per heavy atom. The maximum absolute atomic E-state index is 13.8. The van der Waals surface area contributed by atoms with E-state index in [1.807, 2.05) is 17.7 Å². The van der Waals surface area contributed by atoms with Crippen molar-refractivity contribution in [2.75, 3.05) is 26.1 Å². The Bertz CT molecular complexity index is 584. The number of halogens is 1. The maximum atomic E-state index is 13.8. The Labute approximate surface area is 117 Å². The van der Waals surface area contributed by atoms with Crippen LogP contribution in [0.5, 0.6) is 5.75 Å². The summed E-state index contributed by atoms with van der Waals surface area (Å²) in [5, 5.41) is 2.99. The molecule has 5 nitrogen and oxygen atoms in total. The normalized spacial score (nSPS) is 10.6. The molecule has 2 aromatic rings. The number of anilines is 2. The maximum Gasteiger partial charge on any atom is 0.207 e. The Morgan fingerprint density at radius 3 is 2.85 bits per heavy atom. The predicted octanol–water partition coefficient (Wildman–Crippen LogP) is 2.73. The van der Waals surface area contributed by atoms with Crippen molar-refractivity contribution in [2.45, 2.75) is 13.5 Å². The van der Waals surface area contributed by atoms with Crippen molar-refractivity contribution in [2.24, 2.45) is 0 Å². The number of nitrogens with one attached hydrogen (secondary N) is 1. The summed E-state index contributed by atoms with van der Waals surface area (Å²) in [5.41, 5.74) is 1.18. The van der Waals surface area contributed by atoms with Gasteiger partial charge in [0, 0.05) is 25.9 Å². The van der Waals surface area contributed by atoms with E-state index >= 15 is 0 Å². The van der Waals surface area contributed by atoms with Crippen molar-refractivity contribution in [3.05, 3.63) is 35.9 Å². The Kier molecular flexibility index (Phi) is 4.57. The fourth-order valence-corrected chi connectivity index (χ4v) is 1.85. The molecular formula is C14H18FN3O2. The molecule has 6 heteroatoms. The van der Waals surface area contributed by atoms with Gasteiger partial charge in [0.05, 0.1) is 25.1 Å². The second-order valence-corrected chi connectivity index (χ2v) is 4.36. The summed E-state index contributed by atoms with van der Waals surface area (Å²) in [5.74, 6) is 0.803. The quantitative estimate of drug-likeness (QED) is 0.883. The number of aryl methyl sites for hydroxylation is 1. The molecule has 0 aliphatic heterocycles. The monoisotopic (exact) mass is 279 g/mol. The average Bonchev–Trinajstić information content (AvgIpc) is 2.79. The van der Waals surface area contributed by atoms with E-state index in [1.54, 1.807) is 26.4 Å². The fourth-order valence-electron chi connectivity index (χ4n) is 1.85. The zero-order chi connectivity index (χ0) is 14.5. The first-order chi connectivity index (χ1) is 9.63. The van der Waals surface area contributed by atoms with E-state index in [0.29, 0.717) is 30.5 Å². The van der Waals surface area contributed by atoms with Gasteiger partial charge in [0.1, 0.15) is 11.6 Å². The van der Waals surface area contributed by atoms with Crippen LogP contribution in [0, 0.1) is 12.7 Å². The van der Waals surface area contributed by atoms with Crippen LogP contribution < -0.4 is 10.1 Å². The van der Waals surface area contributed by atoms with Crippen LogP contribution in [0.15, 0.2) is 24.4 Å². The van der Waals surface area contributed by atoms with Gasteiger partial charge in [0.2, 0.25) is 5.95 Å². The zero-order valence-corrected chi connectivity index (χ0v) is 11.8. The molecule has 0 spiro atoms. The van der Waals surface area contributed by atoms with Crippen molar-refractivity contribution >= 4 is 11.6 Å². The van der Waals surface area contributed by atoms with Gasteiger partial charge in [-0.3, -0.25) is 0 Å². The third-order valence-electron chi connectivity index (χ3n) is 2.85. The number of rotatable bonds is 6. The number of ether oxygens (including phenoxy) is 2. The minimum Gasteiger partial charge on any atom is -0.497 e. The van der Waals surface area contributed by atoms with Crippen molar-refractivity contribution in [3.63, 3.8) is 0 Å². The van der Waals surface area contributed by atoms with E-state index < -0.39 is 0 Å². The lowest BCUT2D eigenvalue weighted by Gasteiger charge is -2.11. The number of aromatic nitrogens is 2. The highest BCUT2D eigenvalue weighted by Gasteiger charge is 2.10. The molecule has 1 heterocycles. The second-order valence-electron chi connectivity index (χ2n) is 4.36. The molecule has 0 atom stereocenters. The van der Waals surface area contributed by atoms with Gasteiger partial charge < -0.3 is 19.4 Å². The lowest BCUT2D eigenvalue weighted by atomic mass is 10.3. The highest BCUT2D eigenvalue weighted by molar-refractivity contribution is 5.57. The summed E-state index contributed by atoms with van der Waals surface area (Å²) < 4.78 is 25.8. The minimum absolute atomic E-state index is 0.327. The molecule has 0 bridgehead atoms. The average molecular weight is 279 g/mol. The van der Waals surface area contributed by atoms with Gasteiger partial charge in [0.25, 0.3) is 0 Å². The van der Waals surface area contributed by atoms with Crippen molar-refractivity contribution in [1.82, 2.24) is 9.55 Å². The molecule has 0 radical (unpaired) electrons. The second kappa shape index (κ2) is 6.38. The first kappa shape index (κ1) is 14.3. The number of benzene rings is 1. The van der Waals surface area contributed by atoms with Crippen LogP contribution in [-0.4, -0.2) is 30.4 Å². The van der Waals surface area contributed by atoms with Crippen molar-refractivity contribution in [1.29, 1.82) is 0 Å². The number of hydrogen-bond acceptors (Lipinski definition) is 4. The van der Waals surface area contributed by atoms with Gasteiger partial charge >= 0.3 is 0 Å². The highest BCUT2D eigenvalue weighted by Crippen LogP contribution is 2.24. The first-order valence-corrected chi connectivity index (χ1v) is 6.27. The van der Waals surface area contributed by atoms with Crippen LogP contribution in [-0.2, 0) is 11.3 Å². The molecule has 1 aromatic carbocycles. The van der Waals surface area contributed by atoms with Gasteiger partial charge in [-0.15, -0.1) is 0 Å². The van der Waals surface area contributed by atoms with Crippen LogP contribution >= 0.6 is 0 Å². The van der Waals surface area contributed by atoms with E-state index in [1.165, 1.54) is 6.07 Å². The van der Waals surface area contributed by atoms with Gasteiger partial charge in [-0.2, -0.15) is 0 Å². The number of hydrogen-bond donors (Lipinski definition) is 1. The van der Waals surface area contributed by atoms with Gasteiger partial charge in [0.15, 0.2) is 0 Å². The summed E-state index contributed by atoms with van der Waals surface area (Å²) in [6, 6.07) is 4.53. The van der Waals surface area contributed by atoms with Crippen molar-refractivity contribution in [3.8, 4) is 5.75 Å². The Hall–Kier alpha value is -2.08. The number of nitrogens with zero attached hydrogens (tertiary/aromatic N) is 2. The molecule has 0 saturated carbocycles. The van der Waals surface area contributed by atoms with Crippen molar-refractivity contribution < 1.29 is 13.9 Å². The summed E-state index contributed by atoms with van der Waals surface area (Å²) in [4.78, 5) is 4.34. The molecule has 1 aromatic heterocycles. The third kappa shape index (κ3) is 3.27. The third-order valence-corrected chi connectivity index (χ3v) is 2.85. The van der Waals surface area contributed by atoms with Gasteiger partial charge in [-0.1, -0.05) is 0 Å². The molecule has 0 unspecified atom stereocenters. The Balaban J connectivity index is 2.25. The highest BCUT2D eigenvalue weighted by atomic mass is 19.1. The Morgan fingerprint density at radius 1 is 1.35 bits per heavy atom. The molecule has 0 aliphatic carbocycles. The standard InChI is InChI=1S/C14H18FN3O2/c1-10-9-18(6-7-19-2)14(16-10)17-13-8-11(20-3)4-5-12(13)15/h4-5,8-9H,6-7H2,1-3H3,(H,16,17). The molecule has 0 amide bonds. The van der Waals surface area contributed by atoms with Crippen LogP contribution in [0.3, 0.4) is 0 Å². The predicted molar refractivity (Wildman–Crippen MR) is 75.1 cm³/mol. The molecule has 0 fully saturated rings. The van der Waals surface area contributed by atoms with E-state index in [9.17, 15) is 4.39 Å². The van der Waals surface area contributed by atoms with E-state index in [4.69, 9.17) is 9.47 Å². The van der Waals surface area contributed by atoms with E-state index in [-0.39, 0.29) is 5.82 Å². The lowest BCUT2D eigenvalue weighted by molar-refractivity contribution is 0.188. The summed E-state index contributed by atoms with van der Waals surface area (Å²) in [7, 11) is 3.18. The fraction of sp³-hybridized carbons (Fsp3) is 0.357. The first-order valence-electron chi connectivity index (χ1n) is 6.27. The van der Waals surface area contributed by atoms with Crippen LogP contribution in [0.2, 0.25) is 0 Å². The number of methoxy groups -OCH3 is 2. The number of imidazole rings is 1. The molecule has 20 heavy (non-hydrogen) atoms. The van der Waals surface area contributed by atoms with E-state index in [2.05, 4.69) is 10.3 Å². The van der Waals surface area contributed by atoms with Gasteiger partial charge in [-0.05, 0) is 19.1 Å². The van der Waals surface area contributed by atoms with E-state index in [0.717, 1.165) is 5.69 Å². The van der Waals surface area contributed by atoms with Crippen LogP contribution in [0.1, 0.15) is 5.69 Å². The smallest absolute Gasteiger partial charge is 0.207 e. The molecule has 2 rings (SSSR count). The molecule has 108 valence electrons. The van der Waals surface area contributed by atoms with Crippen LogP contribution in [0.4, 0.5) is 16.0 Å². The topological polar surface area (TPSA) is 48.3 Å². The molecule has 0 saturated heterocycles. The molecular weight excluding hydrogens is 261 g/mol. The molecule has 1 N–H and O–H groups in total. The summed E-state index contributed by atoms with van der Waals surface area (Å²) >= 11 is 0. The summed E-state index contributed by atoms with van der Waals surface area (Å²) in [6.07, 6.45) is 1.89. The zero-order valence-electron chi connectivity index (χ0n) is 11.8. The molecule has 0 aliphatic rings. The largest absolute Gasteiger partial charge is 0.497 e. The summed E-state index contributed by atoms with van der Waals surface area (Å²) in [6.45, 7) is 3.09. The SMILES string of the molecule is COCCn1cc(C)nc1Nc1cc(OC)ccc1F.